The number of nitrogens with zero attached hydrogens (tertiary/aromatic N) is 1. The molecule has 0 aliphatic rings. The largest absolute Gasteiger partial charge is 0.467 e. The molecule has 0 N–H and O–H groups in total. The smallest absolute Gasteiger partial charge is 0.188 e. The second kappa shape index (κ2) is 10.9. The van der Waals surface area contributed by atoms with Gasteiger partial charge in [-0.25, -0.2) is 0 Å². The van der Waals surface area contributed by atoms with Gasteiger partial charge in [-0.3, -0.25) is 4.99 Å². The topological polar surface area (TPSA) is 30.8 Å². The molecule has 2 atom stereocenters. The molecule has 4 heteroatoms. The minimum absolute atomic E-state index is 0.0665. The van der Waals surface area contributed by atoms with E-state index < -0.39 is 0 Å². The van der Waals surface area contributed by atoms with Crippen LogP contribution in [0.1, 0.15) is 49.4 Å². The maximum atomic E-state index is 5.97. The predicted molar refractivity (Wildman–Crippen MR) is 139 cm³/mol. The monoisotopic (exact) mass is 447 g/mol. The van der Waals surface area contributed by atoms with Gasteiger partial charge in [0.05, 0.1) is 5.69 Å². The van der Waals surface area contributed by atoms with Crippen molar-refractivity contribution in [3.8, 4) is 5.75 Å². The van der Waals surface area contributed by atoms with Crippen molar-refractivity contribution in [1.82, 2.24) is 0 Å². The fourth-order valence-corrected chi connectivity index (χ4v) is 5.57. The first-order chi connectivity index (χ1) is 15.4. The third-order valence-electron chi connectivity index (χ3n) is 5.89. The Kier molecular flexibility index (Phi) is 8.23. The minimum atomic E-state index is -0.0665. The molecule has 0 bridgehead atoms. The van der Waals surface area contributed by atoms with E-state index in [4.69, 9.17) is 14.5 Å². The van der Waals surface area contributed by atoms with Crippen molar-refractivity contribution in [3.05, 3.63) is 89.0 Å². The highest BCUT2D eigenvalue weighted by atomic mass is 31.1. The number of methoxy groups -OCH3 is 1. The third-order valence-corrected chi connectivity index (χ3v) is 7.97. The second-order valence-corrected chi connectivity index (χ2v) is 10.2. The SMILES string of the molecule is CCC(C)(Pc1c(C)cccc1/C(C)=N/c1ccccc1)c1cc(C)ccc1OCOC. The highest BCUT2D eigenvalue weighted by Crippen LogP contribution is 2.48. The summed E-state index contributed by atoms with van der Waals surface area (Å²) < 4.78 is 11.2. The Balaban J connectivity index is 2.06. The van der Waals surface area contributed by atoms with Crippen LogP contribution in [0.2, 0.25) is 0 Å². The van der Waals surface area contributed by atoms with Crippen LogP contribution in [0.3, 0.4) is 0 Å². The van der Waals surface area contributed by atoms with Gasteiger partial charge in [-0.2, -0.15) is 0 Å². The Hall–Kier alpha value is -2.48. The van der Waals surface area contributed by atoms with Crippen molar-refractivity contribution in [2.75, 3.05) is 13.9 Å². The van der Waals surface area contributed by atoms with Gasteiger partial charge in [-0.15, -0.1) is 0 Å². The number of aliphatic imine (C=N–C) groups is 1. The summed E-state index contributed by atoms with van der Waals surface area (Å²) >= 11 is 0. The van der Waals surface area contributed by atoms with Crippen LogP contribution in [-0.4, -0.2) is 19.6 Å². The summed E-state index contributed by atoms with van der Waals surface area (Å²) in [5.41, 5.74) is 7.02. The molecule has 3 aromatic carbocycles. The summed E-state index contributed by atoms with van der Waals surface area (Å²) in [7, 11) is 2.23. The van der Waals surface area contributed by atoms with Gasteiger partial charge in [0.2, 0.25) is 0 Å². The van der Waals surface area contributed by atoms with Gasteiger partial charge < -0.3 is 9.47 Å². The molecule has 0 aromatic heterocycles. The van der Waals surface area contributed by atoms with E-state index in [0.717, 1.165) is 23.6 Å². The van der Waals surface area contributed by atoms with Crippen LogP contribution in [0.5, 0.6) is 5.75 Å². The Labute approximate surface area is 194 Å². The number of hydrogen-bond acceptors (Lipinski definition) is 3. The molecular weight excluding hydrogens is 413 g/mol. The van der Waals surface area contributed by atoms with Crippen LogP contribution in [-0.2, 0) is 9.89 Å². The van der Waals surface area contributed by atoms with E-state index in [-0.39, 0.29) is 11.9 Å². The number of ether oxygens (including phenoxy) is 2. The van der Waals surface area contributed by atoms with Gasteiger partial charge in [-0.1, -0.05) is 76.5 Å². The highest BCUT2D eigenvalue weighted by Gasteiger charge is 2.30. The average molecular weight is 448 g/mol. The lowest BCUT2D eigenvalue weighted by atomic mass is 9.95. The molecule has 0 saturated carbocycles. The molecule has 0 saturated heterocycles. The molecule has 3 rings (SSSR count). The first kappa shape index (κ1) is 24.2. The third kappa shape index (κ3) is 5.65. The van der Waals surface area contributed by atoms with Gasteiger partial charge >= 0.3 is 0 Å². The van der Waals surface area contributed by atoms with Crippen molar-refractivity contribution >= 4 is 25.3 Å². The average Bonchev–Trinajstić information content (AvgIpc) is 2.80. The summed E-state index contributed by atoms with van der Waals surface area (Å²) in [6.45, 7) is 11.3. The number of hydrogen-bond donors (Lipinski definition) is 0. The maximum absolute atomic E-state index is 5.97. The van der Waals surface area contributed by atoms with Gasteiger partial charge in [0.25, 0.3) is 0 Å². The van der Waals surface area contributed by atoms with Gasteiger partial charge in [0.15, 0.2) is 6.79 Å². The lowest BCUT2D eigenvalue weighted by Gasteiger charge is -2.32. The van der Waals surface area contributed by atoms with Crippen molar-refractivity contribution < 1.29 is 9.47 Å². The van der Waals surface area contributed by atoms with E-state index in [1.54, 1.807) is 7.11 Å². The zero-order valence-corrected chi connectivity index (χ0v) is 21.0. The fraction of sp³-hybridized carbons (Fsp3) is 0.321. The van der Waals surface area contributed by atoms with Crippen molar-refractivity contribution in [1.29, 1.82) is 0 Å². The first-order valence-corrected chi connectivity index (χ1v) is 12.1. The van der Waals surface area contributed by atoms with Crippen LogP contribution >= 0.6 is 8.58 Å². The first-order valence-electron chi connectivity index (χ1n) is 11.1. The number of para-hydroxylation sites is 1. The molecule has 2 unspecified atom stereocenters. The molecule has 3 nitrogen and oxygen atoms in total. The quantitative estimate of drug-likeness (QED) is 0.200. The van der Waals surface area contributed by atoms with Crippen LogP contribution in [0, 0.1) is 13.8 Å². The second-order valence-electron chi connectivity index (χ2n) is 8.39. The lowest BCUT2D eigenvalue weighted by molar-refractivity contribution is 0.0500. The van der Waals surface area contributed by atoms with E-state index in [9.17, 15) is 0 Å². The molecule has 0 heterocycles. The van der Waals surface area contributed by atoms with Crippen LogP contribution in [0.4, 0.5) is 5.69 Å². The Morgan fingerprint density at radius 1 is 1.00 bits per heavy atom. The standard InChI is InChI=1S/C28H34NO2P/c1-7-28(5,25-18-20(2)16-17-26(25)31-19-30-6)32-27-21(3)12-11-15-24(27)22(4)29-23-13-9-8-10-14-23/h8-18,32H,7,19H2,1-6H3/b29-22+. The van der Waals surface area contributed by atoms with Crippen molar-refractivity contribution in [2.45, 2.75) is 46.2 Å². The van der Waals surface area contributed by atoms with E-state index >= 15 is 0 Å². The van der Waals surface area contributed by atoms with Gasteiger partial charge in [-0.05, 0) is 56.3 Å². The van der Waals surface area contributed by atoms with E-state index in [2.05, 4.69) is 71.0 Å². The summed E-state index contributed by atoms with van der Waals surface area (Å²) in [6, 6.07) is 23.1. The predicted octanol–water partition coefficient (Wildman–Crippen LogP) is 7.06. The lowest BCUT2D eigenvalue weighted by Crippen LogP contribution is -2.24. The fourth-order valence-electron chi connectivity index (χ4n) is 3.84. The zero-order chi connectivity index (χ0) is 23.1. The Morgan fingerprint density at radius 3 is 2.44 bits per heavy atom. The van der Waals surface area contributed by atoms with Crippen LogP contribution in [0.25, 0.3) is 0 Å². The summed E-state index contributed by atoms with van der Waals surface area (Å²) in [4.78, 5) is 4.91. The van der Waals surface area contributed by atoms with Crippen LogP contribution < -0.4 is 10.0 Å². The molecule has 32 heavy (non-hydrogen) atoms. The molecule has 0 radical (unpaired) electrons. The molecule has 0 amide bonds. The molecule has 168 valence electrons. The highest BCUT2D eigenvalue weighted by molar-refractivity contribution is 7.49. The van der Waals surface area contributed by atoms with E-state index in [1.807, 2.05) is 30.3 Å². The number of benzene rings is 3. The number of aryl methyl sites for hydroxylation is 2. The maximum Gasteiger partial charge on any atom is 0.188 e. The van der Waals surface area contributed by atoms with Gasteiger partial charge in [0.1, 0.15) is 5.75 Å². The summed E-state index contributed by atoms with van der Waals surface area (Å²) in [6.07, 6.45) is 1.00. The van der Waals surface area contributed by atoms with Crippen LogP contribution in [0.15, 0.2) is 71.7 Å². The Bertz CT molecular complexity index is 1080. The molecule has 0 aliphatic heterocycles. The Morgan fingerprint density at radius 2 is 1.75 bits per heavy atom. The summed E-state index contributed by atoms with van der Waals surface area (Å²) in [5, 5.41) is 1.30. The number of rotatable bonds is 9. The summed E-state index contributed by atoms with van der Waals surface area (Å²) in [5.74, 6) is 0.902. The van der Waals surface area contributed by atoms with E-state index in [0.29, 0.717) is 8.58 Å². The van der Waals surface area contributed by atoms with Gasteiger partial charge in [0, 0.05) is 29.1 Å². The molecule has 0 fully saturated rings. The van der Waals surface area contributed by atoms with Crippen molar-refractivity contribution in [2.24, 2.45) is 4.99 Å². The molecule has 0 aliphatic carbocycles. The van der Waals surface area contributed by atoms with E-state index in [1.165, 1.54) is 27.6 Å². The van der Waals surface area contributed by atoms with Crippen molar-refractivity contribution in [3.63, 3.8) is 0 Å². The normalized spacial score (nSPS) is 14.0. The molecule has 0 spiro atoms. The zero-order valence-electron chi connectivity index (χ0n) is 20.0. The molecule has 3 aromatic rings. The minimum Gasteiger partial charge on any atom is -0.467 e. The molecular formula is C28H34NO2P.